The van der Waals surface area contributed by atoms with Gasteiger partial charge < -0.3 is 5.32 Å². The summed E-state index contributed by atoms with van der Waals surface area (Å²) in [5.74, 6) is 0.511. The molecule has 2 nitrogen and oxygen atoms in total. The Kier molecular flexibility index (Phi) is 3.93. The molecule has 0 aliphatic heterocycles. The highest BCUT2D eigenvalue weighted by atomic mass is 79.9. The van der Waals surface area contributed by atoms with E-state index in [9.17, 15) is 4.79 Å². The van der Waals surface area contributed by atoms with Crippen LogP contribution in [0.3, 0.4) is 0 Å². The SMILES string of the molecule is CC(C)CNC(=O)c1ccc(Br)s1. The van der Waals surface area contributed by atoms with Crippen molar-refractivity contribution in [1.82, 2.24) is 5.32 Å². The molecule has 0 radical (unpaired) electrons. The molecule has 1 N–H and O–H groups in total. The number of hydrogen-bond donors (Lipinski definition) is 1. The van der Waals surface area contributed by atoms with E-state index in [4.69, 9.17) is 0 Å². The third kappa shape index (κ3) is 3.48. The van der Waals surface area contributed by atoms with E-state index in [1.165, 1.54) is 11.3 Å². The van der Waals surface area contributed by atoms with Gasteiger partial charge in [-0.05, 0) is 34.0 Å². The van der Waals surface area contributed by atoms with Gasteiger partial charge in [-0.15, -0.1) is 11.3 Å². The number of carbonyl (C=O) groups is 1. The fourth-order valence-corrected chi connectivity index (χ4v) is 2.12. The Bertz CT molecular complexity index is 296. The summed E-state index contributed by atoms with van der Waals surface area (Å²) in [6, 6.07) is 3.71. The van der Waals surface area contributed by atoms with E-state index in [-0.39, 0.29) is 5.91 Å². The van der Waals surface area contributed by atoms with Crippen molar-refractivity contribution < 1.29 is 4.79 Å². The molecule has 0 atom stereocenters. The molecular formula is C9H12BrNOS. The average molecular weight is 262 g/mol. The third-order valence-electron chi connectivity index (χ3n) is 1.47. The molecule has 0 unspecified atom stereocenters. The highest BCUT2D eigenvalue weighted by Gasteiger charge is 2.07. The Labute approximate surface area is 90.5 Å². The lowest BCUT2D eigenvalue weighted by molar-refractivity contribution is 0.0953. The molecule has 1 rings (SSSR count). The third-order valence-corrected chi connectivity index (χ3v) is 3.09. The first-order valence-electron chi connectivity index (χ1n) is 4.13. The molecule has 1 aromatic rings. The van der Waals surface area contributed by atoms with Gasteiger partial charge in [0.2, 0.25) is 0 Å². The Morgan fingerprint density at radius 3 is 2.77 bits per heavy atom. The molecule has 0 aromatic carbocycles. The number of rotatable bonds is 3. The second kappa shape index (κ2) is 4.77. The lowest BCUT2D eigenvalue weighted by Crippen LogP contribution is -2.26. The topological polar surface area (TPSA) is 29.1 Å². The van der Waals surface area contributed by atoms with Gasteiger partial charge in [0.05, 0.1) is 8.66 Å². The van der Waals surface area contributed by atoms with Crippen molar-refractivity contribution >= 4 is 33.2 Å². The van der Waals surface area contributed by atoms with Crippen molar-refractivity contribution in [2.75, 3.05) is 6.54 Å². The molecule has 1 aromatic heterocycles. The number of nitrogens with one attached hydrogen (secondary N) is 1. The molecule has 0 spiro atoms. The molecule has 0 fully saturated rings. The number of hydrogen-bond acceptors (Lipinski definition) is 2. The molecule has 1 amide bonds. The minimum Gasteiger partial charge on any atom is -0.351 e. The Morgan fingerprint density at radius 2 is 2.31 bits per heavy atom. The first kappa shape index (κ1) is 10.7. The van der Waals surface area contributed by atoms with Crippen LogP contribution in [-0.2, 0) is 0 Å². The molecule has 0 saturated heterocycles. The summed E-state index contributed by atoms with van der Waals surface area (Å²) in [5.41, 5.74) is 0. The van der Waals surface area contributed by atoms with Crippen LogP contribution in [0.5, 0.6) is 0 Å². The van der Waals surface area contributed by atoms with Gasteiger partial charge in [-0.2, -0.15) is 0 Å². The van der Waals surface area contributed by atoms with Gasteiger partial charge in [-0.1, -0.05) is 13.8 Å². The molecule has 0 aliphatic carbocycles. The molecule has 0 saturated carbocycles. The predicted molar refractivity (Wildman–Crippen MR) is 59.2 cm³/mol. The largest absolute Gasteiger partial charge is 0.351 e. The van der Waals surface area contributed by atoms with Crippen molar-refractivity contribution in [3.05, 3.63) is 20.8 Å². The minimum absolute atomic E-state index is 0.0180. The Hall–Kier alpha value is -0.350. The monoisotopic (exact) mass is 261 g/mol. The Balaban J connectivity index is 2.49. The number of thiophene rings is 1. The first-order valence-corrected chi connectivity index (χ1v) is 5.74. The lowest BCUT2D eigenvalue weighted by Gasteiger charge is -2.05. The summed E-state index contributed by atoms with van der Waals surface area (Å²) in [5, 5.41) is 2.86. The van der Waals surface area contributed by atoms with Crippen LogP contribution in [0.2, 0.25) is 0 Å². The summed E-state index contributed by atoms with van der Waals surface area (Å²) in [6.45, 7) is 4.88. The normalized spacial score (nSPS) is 10.5. The molecule has 72 valence electrons. The number of amides is 1. The highest BCUT2D eigenvalue weighted by Crippen LogP contribution is 2.21. The molecule has 4 heteroatoms. The van der Waals surface area contributed by atoms with E-state index in [0.29, 0.717) is 5.92 Å². The quantitative estimate of drug-likeness (QED) is 0.891. The summed E-state index contributed by atoms with van der Waals surface area (Å²) >= 11 is 4.77. The summed E-state index contributed by atoms with van der Waals surface area (Å²) < 4.78 is 0.988. The smallest absolute Gasteiger partial charge is 0.261 e. The van der Waals surface area contributed by atoms with E-state index in [0.717, 1.165) is 15.2 Å². The van der Waals surface area contributed by atoms with Gasteiger partial charge in [-0.25, -0.2) is 0 Å². The zero-order valence-electron chi connectivity index (χ0n) is 7.63. The van der Waals surface area contributed by atoms with Crippen LogP contribution in [0.4, 0.5) is 0 Å². The number of carbonyl (C=O) groups excluding carboxylic acids is 1. The van der Waals surface area contributed by atoms with Crippen LogP contribution in [0.1, 0.15) is 23.5 Å². The first-order chi connectivity index (χ1) is 6.09. The second-order valence-electron chi connectivity index (χ2n) is 3.21. The highest BCUT2D eigenvalue weighted by molar-refractivity contribution is 9.11. The molecule has 0 aliphatic rings. The zero-order valence-corrected chi connectivity index (χ0v) is 10.0. The van der Waals surface area contributed by atoms with Crippen molar-refractivity contribution in [2.24, 2.45) is 5.92 Å². The van der Waals surface area contributed by atoms with Crippen molar-refractivity contribution in [2.45, 2.75) is 13.8 Å². The van der Waals surface area contributed by atoms with Crippen molar-refractivity contribution in [3.63, 3.8) is 0 Å². The van der Waals surface area contributed by atoms with Crippen LogP contribution in [0.15, 0.2) is 15.9 Å². The summed E-state index contributed by atoms with van der Waals surface area (Å²) in [6.07, 6.45) is 0. The van der Waals surface area contributed by atoms with Crippen LogP contribution < -0.4 is 5.32 Å². The van der Waals surface area contributed by atoms with E-state index < -0.39 is 0 Å². The number of halogens is 1. The standard InChI is InChI=1S/C9H12BrNOS/c1-6(2)5-11-9(12)7-3-4-8(10)13-7/h3-4,6H,5H2,1-2H3,(H,11,12). The van der Waals surface area contributed by atoms with Gasteiger partial charge in [0.25, 0.3) is 5.91 Å². The fourth-order valence-electron chi connectivity index (χ4n) is 0.820. The van der Waals surface area contributed by atoms with Gasteiger partial charge in [0, 0.05) is 6.54 Å². The van der Waals surface area contributed by atoms with Crippen molar-refractivity contribution in [1.29, 1.82) is 0 Å². The summed E-state index contributed by atoms with van der Waals surface area (Å²) in [7, 11) is 0. The van der Waals surface area contributed by atoms with Crippen molar-refractivity contribution in [3.8, 4) is 0 Å². The Morgan fingerprint density at radius 1 is 1.62 bits per heavy atom. The second-order valence-corrected chi connectivity index (χ2v) is 5.67. The van der Waals surface area contributed by atoms with Gasteiger partial charge >= 0.3 is 0 Å². The van der Waals surface area contributed by atoms with Crippen LogP contribution in [0, 0.1) is 5.92 Å². The maximum Gasteiger partial charge on any atom is 0.261 e. The molecule has 1 heterocycles. The maximum atomic E-state index is 11.4. The molecule has 13 heavy (non-hydrogen) atoms. The zero-order chi connectivity index (χ0) is 9.84. The fraction of sp³-hybridized carbons (Fsp3) is 0.444. The van der Waals surface area contributed by atoms with Gasteiger partial charge in [-0.3, -0.25) is 4.79 Å². The van der Waals surface area contributed by atoms with Gasteiger partial charge in [0.15, 0.2) is 0 Å². The average Bonchev–Trinajstić information content (AvgIpc) is 2.47. The molecule has 0 bridgehead atoms. The minimum atomic E-state index is 0.0180. The van der Waals surface area contributed by atoms with Gasteiger partial charge in [0.1, 0.15) is 0 Å². The van der Waals surface area contributed by atoms with E-state index in [1.54, 1.807) is 0 Å². The van der Waals surface area contributed by atoms with E-state index in [2.05, 4.69) is 35.1 Å². The predicted octanol–water partition coefficient (Wildman–Crippen LogP) is 2.90. The van der Waals surface area contributed by atoms with Crippen LogP contribution in [0.25, 0.3) is 0 Å². The van der Waals surface area contributed by atoms with Crippen LogP contribution >= 0.6 is 27.3 Å². The summed E-state index contributed by atoms with van der Waals surface area (Å²) in [4.78, 5) is 12.2. The lowest BCUT2D eigenvalue weighted by atomic mass is 10.2. The molecular weight excluding hydrogens is 250 g/mol. The van der Waals surface area contributed by atoms with E-state index >= 15 is 0 Å². The maximum absolute atomic E-state index is 11.4. The van der Waals surface area contributed by atoms with Crippen LogP contribution in [-0.4, -0.2) is 12.5 Å². The van der Waals surface area contributed by atoms with E-state index in [1.807, 2.05) is 12.1 Å².